The highest BCUT2D eigenvalue weighted by molar-refractivity contribution is 8.00. The molecule has 158 valence electrons. The highest BCUT2D eigenvalue weighted by atomic mass is 32.2. The van der Waals surface area contributed by atoms with Gasteiger partial charge in [-0.2, -0.15) is 17.5 Å². The molecule has 3 aromatic rings. The molecule has 1 N–H and O–H groups in total. The van der Waals surface area contributed by atoms with Crippen molar-refractivity contribution in [3.8, 4) is 0 Å². The van der Waals surface area contributed by atoms with E-state index < -0.39 is 27.3 Å². The maximum atomic E-state index is 13.3. The summed E-state index contributed by atoms with van der Waals surface area (Å²) in [5.74, 6) is 1.20. The normalized spacial score (nSPS) is 15.7. The highest BCUT2D eigenvalue weighted by Gasteiger charge is 2.33. The van der Waals surface area contributed by atoms with E-state index in [4.69, 9.17) is 0 Å². The van der Waals surface area contributed by atoms with Gasteiger partial charge in [-0.25, -0.2) is 8.42 Å². The number of nitrogens with one attached hydrogen (secondary N) is 1. The van der Waals surface area contributed by atoms with Crippen LogP contribution in [-0.2, 0) is 22.6 Å². The number of aromatic amines is 1. The summed E-state index contributed by atoms with van der Waals surface area (Å²) in [6.07, 6.45) is -4.32. The molecule has 5 nitrogen and oxygen atoms in total. The third-order valence-corrected chi connectivity index (χ3v) is 7.89. The molecule has 0 unspecified atom stereocenters. The zero-order valence-corrected chi connectivity index (χ0v) is 17.2. The van der Waals surface area contributed by atoms with Crippen LogP contribution < -0.4 is 5.56 Å². The van der Waals surface area contributed by atoms with Crippen LogP contribution in [0.3, 0.4) is 0 Å². The third-order valence-electron chi connectivity index (χ3n) is 4.90. The van der Waals surface area contributed by atoms with Crippen molar-refractivity contribution in [3.05, 3.63) is 75.6 Å². The van der Waals surface area contributed by atoms with Gasteiger partial charge in [-0.3, -0.25) is 4.79 Å². The molecule has 0 spiro atoms. The molecule has 0 amide bonds. The van der Waals surface area contributed by atoms with E-state index in [1.165, 1.54) is 28.6 Å². The van der Waals surface area contributed by atoms with E-state index in [-0.39, 0.29) is 15.8 Å². The van der Waals surface area contributed by atoms with Gasteiger partial charge in [0.15, 0.2) is 0 Å². The summed E-state index contributed by atoms with van der Waals surface area (Å²) in [6, 6.07) is 11.4. The second-order valence-corrected chi connectivity index (χ2v) is 9.98. The van der Waals surface area contributed by atoms with Crippen molar-refractivity contribution in [3.63, 3.8) is 0 Å². The van der Waals surface area contributed by atoms with Crippen LogP contribution in [0.1, 0.15) is 16.7 Å². The Bertz CT molecular complexity index is 1250. The van der Waals surface area contributed by atoms with Crippen LogP contribution in [0.15, 0.2) is 58.2 Å². The van der Waals surface area contributed by atoms with Crippen molar-refractivity contribution in [1.82, 2.24) is 9.29 Å². The monoisotopic (exact) mass is 454 g/mol. The minimum Gasteiger partial charge on any atom is -0.322 e. The Morgan fingerprint density at radius 3 is 2.37 bits per heavy atom. The summed E-state index contributed by atoms with van der Waals surface area (Å²) in [6.45, 7) is 0.482. The Morgan fingerprint density at radius 1 is 1.03 bits per heavy atom. The lowest BCUT2D eigenvalue weighted by molar-refractivity contribution is -0.136. The number of alkyl halides is 3. The molecule has 0 saturated carbocycles. The average molecular weight is 454 g/mol. The number of fused-ring (bicyclic) bond motifs is 1. The highest BCUT2D eigenvalue weighted by Crippen LogP contribution is 2.34. The maximum Gasteiger partial charge on any atom is 0.417 e. The van der Waals surface area contributed by atoms with Crippen LogP contribution in [0, 0.1) is 0 Å². The standard InChI is InChI=1S/C20H17F3N2O3S2/c21-20(22,23)17-11-19(26)24-18-6-3-14(10-16(17)18)9-13-1-4-15(5-2-13)30(27,28)25-7-8-29-12-25/h1-6,10-11H,7-9,12H2,(H,24,26). The summed E-state index contributed by atoms with van der Waals surface area (Å²) in [5.41, 5.74) is -0.291. The topological polar surface area (TPSA) is 70.2 Å². The molecule has 1 saturated heterocycles. The van der Waals surface area contributed by atoms with Gasteiger partial charge in [0.1, 0.15) is 0 Å². The third kappa shape index (κ3) is 4.12. The van der Waals surface area contributed by atoms with Crippen LogP contribution in [0.25, 0.3) is 10.9 Å². The molecule has 10 heteroatoms. The number of nitrogens with zero attached hydrogens (tertiary/aromatic N) is 1. The van der Waals surface area contributed by atoms with Crippen LogP contribution in [0.2, 0.25) is 0 Å². The van der Waals surface area contributed by atoms with E-state index >= 15 is 0 Å². The zero-order valence-electron chi connectivity index (χ0n) is 15.6. The number of pyridine rings is 1. The van der Waals surface area contributed by atoms with Gasteiger partial charge in [0.2, 0.25) is 15.6 Å². The Labute approximate surface area is 175 Å². The summed E-state index contributed by atoms with van der Waals surface area (Å²) in [7, 11) is -3.53. The van der Waals surface area contributed by atoms with Crippen LogP contribution in [-0.4, -0.2) is 35.9 Å². The SMILES string of the molecule is O=c1cc(C(F)(F)F)c2cc(Cc3ccc(S(=O)(=O)N4CCSC4)cc3)ccc2[nH]1. The Balaban J connectivity index is 1.63. The van der Waals surface area contributed by atoms with Crippen LogP contribution in [0.4, 0.5) is 13.2 Å². The number of aromatic nitrogens is 1. The summed E-state index contributed by atoms with van der Waals surface area (Å²) in [5, 5.41) is -0.0784. The van der Waals surface area contributed by atoms with Gasteiger partial charge in [0, 0.05) is 29.3 Å². The number of thioether (sulfide) groups is 1. The lowest BCUT2D eigenvalue weighted by Gasteiger charge is -2.15. The number of rotatable bonds is 4. The molecule has 1 fully saturated rings. The fourth-order valence-electron chi connectivity index (χ4n) is 3.40. The number of hydrogen-bond acceptors (Lipinski definition) is 4. The average Bonchev–Trinajstić information content (AvgIpc) is 3.23. The van der Waals surface area contributed by atoms with Crippen LogP contribution >= 0.6 is 11.8 Å². The first-order chi connectivity index (χ1) is 14.1. The number of H-pyrrole nitrogens is 1. The number of benzene rings is 2. The Hall–Kier alpha value is -2.30. The number of hydrogen-bond donors (Lipinski definition) is 1. The van der Waals surface area contributed by atoms with E-state index in [9.17, 15) is 26.4 Å². The lowest BCUT2D eigenvalue weighted by atomic mass is 10.0. The molecule has 30 heavy (non-hydrogen) atoms. The largest absolute Gasteiger partial charge is 0.417 e. The Morgan fingerprint density at radius 2 is 1.73 bits per heavy atom. The molecule has 4 rings (SSSR count). The first kappa shape index (κ1) is 21.0. The molecule has 0 bridgehead atoms. The van der Waals surface area contributed by atoms with Crippen molar-refractivity contribution in [2.45, 2.75) is 17.5 Å². The van der Waals surface area contributed by atoms with Gasteiger partial charge in [-0.15, -0.1) is 11.8 Å². The van der Waals surface area contributed by atoms with E-state index in [2.05, 4.69) is 4.98 Å². The van der Waals surface area contributed by atoms with Crippen molar-refractivity contribution in [1.29, 1.82) is 0 Å². The first-order valence-corrected chi connectivity index (χ1v) is 11.6. The van der Waals surface area contributed by atoms with Crippen molar-refractivity contribution >= 4 is 32.7 Å². The Kier molecular flexibility index (Phi) is 5.41. The van der Waals surface area contributed by atoms with E-state index in [1.54, 1.807) is 30.0 Å². The molecule has 1 aliphatic heterocycles. The molecule has 2 aromatic carbocycles. The van der Waals surface area contributed by atoms with E-state index in [0.717, 1.165) is 11.3 Å². The summed E-state index contributed by atoms with van der Waals surface area (Å²) >= 11 is 1.56. The predicted molar refractivity (Wildman–Crippen MR) is 110 cm³/mol. The van der Waals surface area contributed by atoms with Gasteiger partial charge < -0.3 is 4.98 Å². The predicted octanol–water partition coefficient (Wildman–Crippen LogP) is 3.83. The van der Waals surface area contributed by atoms with Gasteiger partial charge >= 0.3 is 6.18 Å². The quantitative estimate of drug-likeness (QED) is 0.651. The first-order valence-electron chi connectivity index (χ1n) is 9.04. The smallest absolute Gasteiger partial charge is 0.322 e. The van der Waals surface area contributed by atoms with Gasteiger partial charge in [0.25, 0.3) is 0 Å². The minimum atomic E-state index is -4.64. The van der Waals surface area contributed by atoms with Gasteiger partial charge in [-0.1, -0.05) is 18.2 Å². The molecular weight excluding hydrogens is 437 g/mol. The van der Waals surface area contributed by atoms with Gasteiger partial charge in [-0.05, 0) is 41.8 Å². The molecule has 1 aliphatic rings. The summed E-state index contributed by atoms with van der Waals surface area (Å²) in [4.78, 5) is 14.1. The number of halogens is 3. The van der Waals surface area contributed by atoms with E-state index in [0.29, 0.717) is 30.5 Å². The van der Waals surface area contributed by atoms with Crippen LogP contribution in [0.5, 0.6) is 0 Å². The molecule has 0 radical (unpaired) electrons. The fraction of sp³-hybridized carbons (Fsp3) is 0.250. The lowest BCUT2D eigenvalue weighted by Crippen LogP contribution is -2.27. The van der Waals surface area contributed by atoms with Crippen molar-refractivity contribution < 1.29 is 21.6 Å². The molecular formula is C20H17F3N2O3S2. The molecule has 0 atom stereocenters. The molecule has 0 aliphatic carbocycles. The number of sulfonamides is 1. The minimum absolute atomic E-state index is 0.0784. The van der Waals surface area contributed by atoms with Crippen molar-refractivity contribution in [2.24, 2.45) is 0 Å². The van der Waals surface area contributed by atoms with Crippen molar-refractivity contribution in [2.75, 3.05) is 18.2 Å². The molecule has 1 aromatic heterocycles. The summed E-state index contributed by atoms with van der Waals surface area (Å²) < 4.78 is 66.6. The second-order valence-electron chi connectivity index (χ2n) is 6.96. The fourth-order valence-corrected chi connectivity index (χ4v) is 6.21. The van der Waals surface area contributed by atoms with E-state index in [1.807, 2.05) is 0 Å². The molecule has 2 heterocycles. The second kappa shape index (κ2) is 7.75. The maximum absolute atomic E-state index is 13.3. The zero-order chi connectivity index (χ0) is 21.5. The van der Waals surface area contributed by atoms with Gasteiger partial charge in [0.05, 0.1) is 16.3 Å².